The predicted molar refractivity (Wildman–Crippen MR) is 63.9 cm³/mol. The largest absolute Gasteiger partial charge is 0.383 e. The van der Waals surface area contributed by atoms with Crippen LogP contribution in [-0.2, 0) is 4.79 Å². The minimum absolute atomic E-state index is 0.110. The molecule has 0 aromatic carbocycles. The summed E-state index contributed by atoms with van der Waals surface area (Å²) in [5, 5.41) is 3.30. The molecule has 0 aliphatic rings. The summed E-state index contributed by atoms with van der Waals surface area (Å²) in [5.41, 5.74) is 7.12. The second kappa shape index (κ2) is 4.53. The van der Waals surface area contributed by atoms with Crippen LogP contribution in [0.5, 0.6) is 0 Å². The van der Waals surface area contributed by atoms with E-state index in [0.29, 0.717) is 23.4 Å². The van der Waals surface area contributed by atoms with Gasteiger partial charge in [0.2, 0.25) is 5.91 Å². The summed E-state index contributed by atoms with van der Waals surface area (Å²) >= 11 is 0. The molecule has 0 aliphatic heterocycles. The number of hydrogen-bond donors (Lipinski definition) is 3. The van der Waals surface area contributed by atoms with Crippen LogP contribution in [0.25, 0.3) is 11.0 Å². The Hall–Kier alpha value is -2.55. The monoisotopic (exact) mass is 229 g/mol. The molecular weight excluding hydrogens is 218 g/mol. The van der Waals surface area contributed by atoms with E-state index >= 15 is 0 Å². The van der Waals surface area contributed by atoms with E-state index < -0.39 is 0 Å². The van der Waals surface area contributed by atoms with Crippen molar-refractivity contribution in [1.29, 1.82) is 0 Å². The molecular formula is C11H11N5O. The zero-order valence-electron chi connectivity index (χ0n) is 9.24. The Kier molecular flexibility index (Phi) is 2.92. The Bertz CT molecular complexity index is 620. The minimum Gasteiger partial charge on any atom is -0.383 e. The lowest BCUT2D eigenvalue weighted by Gasteiger charge is -1.94. The molecule has 0 saturated carbocycles. The number of nitrogens with zero attached hydrogens (tertiary/aromatic N) is 2. The molecule has 2 heterocycles. The molecule has 6 nitrogen and oxygen atoms in total. The van der Waals surface area contributed by atoms with E-state index in [1.165, 1.54) is 13.3 Å². The van der Waals surface area contributed by atoms with Crippen LogP contribution in [0.2, 0.25) is 0 Å². The summed E-state index contributed by atoms with van der Waals surface area (Å²) in [7, 11) is 0. The van der Waals surface area contributed by atoms with E-state index in [-0.39, 0.29) is 5.91 Å². The minimum atomic E-state index is -0.110. The SMILES string of the molecule is CC(=O)NCC#Cc1c[nH]c2ncnc(N)c12. The summed E-state index contributed by atoms with van der Waals surface area (Å²) in [6.45, 7) is 1.74. The van der Waals surface area contributed by atoms with Crippen molar-refractivity contribution in [3.8, 4) is 11.8 Å². The molecule has 0 fully saturated rings. The van der Waals surface area contributed by atoms with Gasteiger partial charge < -0.3 is 16.0 Å². The smallest absolute Gasteiger partial charge is 0.217 e. The van der Waals surface area contributed by atoms with Crippen molar-refractivity contribution < 1.29 is 4.79 Å². The standard InChI is InChI=1S/C11H11N5O/c1-7(17)13-4-2-3-8-5-14-11-9(8)10(12)15-6-16-11/h5-6H,4H2,1H3,(H,13,17)(H3,12,14,15,16). The number of nitrogens with one attached hydrogen (secondary N) is 2. The van der Waals surface area contributed by atoms with Gasteiger partial charge in [0.15, 0.2) is 0 Å². The molecule has 17 heavy (non-hydrogen) atoms. The number of hydrogen-bond acceptors (Lipinski definition) is 4. The number of aromatic nitrogens is 3. The lowest BCUT2D eigenvalue weighted by molar-refractivity contribution is -0.118. The van der Waals surface area contributed by atoms with Crippen LogP contribution in [0.3, 0.4) is 0 Å². The number of amides is 1. The summed E-state index contributed by atoms with van der Waals surface area (Å²) in [6.07, 6.45) is 3.11. The van der Waals surface area contributed by atoms with E-state index in [1.807, 2.05) is 0 Å². The lowest BCUT2D eigenvalue weighted by Crippen LogP contribution is -2.19. The average Bonchev–Trinajstić information content (AvgIpc) is 2.69. The maximum Gasteiger partial charge on any atom is 0.217 e. The molecule has 0 saturated heterocycles. The lowest BCUT2D eigenvalue weighted by atomic mass is 10.2. The molecule has 0 spiro atoms. The fourth-order valence-corrected chi connectivity index (χ4v) is 1.39. The number of carbonyl (C=O) groups is 1. The zero-order chi connectivity index (χ0) is 12.3. The van der Waals surface area contributed by atoms with E-state index in [4.69, 9.17) is 5.73 Å². The molecule has 0 radical (unpaired) electrons. The summed E-state index contributed by atoms with van der Waals surface area (Å²) in [5.74, 6) is 6.01. The second-order valence-electron chi connectivity index (χ2n) is 3.40. The van der Waals surface area contributed by atoms with Gasteiger partial charge in [0, 0.05) is 13.1 Å². The van der Waals surface area contributed by atoms with E-state index in [0.717, 1.165) is 5.56 Å². The third-order valence-corrected chi connectivity index (χ3v) is 2.15. The van der Waals surface area contributed by atoms with Gasteiger partial charge in [0.25, 0.3) is 0 Å². The number of H-pyrrole nitrogens is 1. The van der Waals surface area contributed by atoms with Gasteiger partial charge in [0.1, 0.15) is 17.8 Å². The van der Waals surface area contributed by atoms with Crippen molar-refractivity contribution in [2.75, 3.05) is 12.3 Å². The van der Waals surface area contributed by atoms with Gasteiger partial charge in [-0.05, 0) is 0 Å². The first kappa shape index (κ1) is 11.0. The molecule has 4 N–H and O–H groups in total. The van der Waals surface area contributed by atoms with E-state index in [2.05, 4.69) is 32.1 Å². The molecule has 0 atom stereocenters. The summed E-state index contributed by atoms with van der Waals surface area (Å²) in [4.78, 5) is 21.5. The molecule has 0 bridgehead atoms. The van der Waals surface area contributed by atoms with Crippen LogP contribution in [0.4, 0.5) is 5.82 Å². The molecule has 0 unspecified atom stereocenters. The topological polar surface area (TPSA) is 96.7 Å². The van der Waals surface area contributed by atoms with Gasteiger partial charge in [0.05, 0.1) is 17.5 Å². The molecule has 0 aliphatic carbocycles. The number of nitrogen functional groups attached to an aromatic ring is 1. The Morgan fingerprint density at radius 1 is 1.59 bits per heavy atom. The molecule has 6 heteroatoms. The first-order valence-electron chi connectivity index (χ1n) is 4.99. The van der Waals surface area contributed by atoms with Crippen LogP contribution < -0.4 is 11.1 Å². The summed E-state index contributed by atoms with van der Waals surface area (Å²) < 4.78 is 0. The quantitative estimate of drug-likeness (QED) is 0.601. The first-order chi connectivity index (χ1) is 8.18. The van der Waals surface area contributed by atoms with Gasteiger partial charge in [-0.15, -0.1) is 0 Å². The van der Waals surface area contributed by atoms with Crippen LogP contribution >= 0.6 is 0 Å². The highest BCUT2D eigenvalue weighted by atomic mass is 16.1. The van der Waals surface area contributed by atoms with Crippen LogP contribution in [0.15, 0.2) is 12.5 Å². The van der Waals surface area contributed by atoms with Crippen LogP contribution in [0, 0.1) is 11.8 Å². The van der Waals surface area contributed by atoms with E-state index in [1.54, 1.807) is 6.20 Å². The normalized spacial score (nSPS) is 9.71. The van der Waals surface area contributed by atoms with Crippen molar-refractivity contribution in [2.45, 2.75) is 6.92 Å². The predicted octanol–water partition coefficient (Wildman–Crippen LogP) is 0.0277. The van der Waals surface area contributed by atoms with Crippen molar-refractivity contribution in [3.05, 3.63) is 18.1 Å². The first-order valence-corrected chi connectivity index (χ1v) is 4.99. The molecule has 2 rings (SSSR count). The van der Waals surface area contributed by atoms with Gasteiger partial charge >= 0.3 is 0 Å². The number of nitrogens with two attached hydrogens (primary N) is 1. The Morgan fingerprint density at radius 3 is 3.18 bits per heavy atom. The zero-order valence-corrected chi connectivity index (χ0v) is 9.24. The molecule has 2 aromatic heterocycles. The average molecular weight is 229 g/mol. The number of carbonyl (C=O) groups excluding carboxylic acids is 1. The molecule has 2 aromatic rings. The van der Waals surface area contributed by atoms with Crippen LogP contribution in [-0.4, -0.2) is 27.4 Å². The van der Waals surface area contributed by atoms with Gasteiger partial charge in [-0.2, -0.15) is 0 Å². The van der Waals surface area contributed by atoms with Crippen molar-refractivity contribution in [1.82, 2.24) is 20.3 Å². The highest BCUT2D eigenvalue weighted by Crippen LogP contribution is 2.19. The number of anilines is 1. The van der Waals surface area contributed by atoms with Crippen molar-refractivity contribution >= 4 is 22.8 Å². The third kappa shape index (κ3) is 2.34. The van der Waals surface area contributed by atoms with Crippen molar-refractivity contribution in [2.24, 2.45) is 0 Å². The Morgan fingerprint density at radius 2 is 2.41 bits per heavy atom. The number of aromatic amines is 1. The fourth-order valence-electron chi connectivity index (χ4n) is 1.39. The van der Waals surface area contributed by atoms with Crippen molar-refractivity contribution in [3.63, 3.8) is 0 Å². The highest BCUT2D eigenvalue weighted by Gasteiger charge is 2.06. The summed E-state index contributed by atoms with van der Waals surface area (Å²) in [6, 6.07) is 0. The maximum absolute atomic E-state index is 10.6. The molecule has 1 amide bonds. The second-order valence-corrected chi connectivity index (χ2v) is 3.40. The van der Waals surface area contributed by atoms with Crippen LogP contribution in [0.1, 0.15) is 12.5 Å². The molecule has 86 valence electrons. The highest BCUT2D eigenvalue weighted by molar-refractivity contribution is 5.91. The van der Waals surface area contributed by atoms with Gasteiger partial charge in [-0.1, -0.05) is 11.8 Å². The van der Waals surface area contributed by atoms with E-state index in [9.17, 15) is 4.79 Å². The fraction of sp³-hybridized carbons (Fsp3) is 0.182. The Balaban J connectivity index is 2.27. The Labute approximate surface area is 97.6 Å². The maximum atomic E-state index is 10.6. The van der Waals surface area contributed by atoms with Gasteiger partial charge in [-0.3, -0.25) is 4.79 Å². The van der Waals surface area contributed by atoms with Gasteiger partial charge in [-0.25, -0.2) is 9.97 Å². The number of rotatable bonds is 1. The number of fused-ring (bicyclic) bond motifs is 1. The third-order valence-electron chi connectivity index (χ3n) is 2.15.